The van der Waals surface area contributed by atoms with Crippen molar-refractivity contribution in [2.75, 3.05) is 13.6 Å². The molecule has 2 aromatic rings. The summed E-state index contributed by atoms with van der Waals surface area (Å²) in [6, 6.07) is 0. The number of nitrogens with one attached hydrogen (secondary N) is 1. The molecule has 0 amide bonds. The first-order valence-corrected chi connectivity index (χ1v) is 7.79. The van der Waals surface area contributed by atoms with Crippen LogP contribution in [0.3, 0.4) is 0 Å². The van der Waals surface area contributed by atoms with Crippen LogP contribution in [0.1, 0.15) is 18.3 Å². The number of likely N-dealkylation sites (N-methyl/N-ethyl adjacent to an activating group) is 1. The molecule has 20 heavy (non-hydrogen) atoms. The van der Waals surface area contributed by atoms with Crippen LogP contribution in [0.25, 0.3) is 0 Å². The summed E-state index contributed by atoms with van der Waals surface area (Å²) in [5.74, 6) is 0.702. The summed E-state index contributed by atoms with van der Waals surface area (Å²) in [7, 11) is 1.90. The highest BCUT2D eigenvalue weighted by molar-refractivity contribution is 7.98. The number of aromatic nitrogens is 6. The van der Waals surface area contributed by atoms with Gasteiger partial charge < -0.3 is 5.32 Å². The van der Waals surface area contributed by atoms with Gasteiger partial charge in [-0.1, -0.05) is 23.4 Å². The van der Waals surface area contributed by atoms with Gasteiger partial charge in [0, 0.05) is 18.8 Å². The lowest BCUT2D eigenvalue weighted by Crippen LogP contribution is -2.16. The SMILES string of the molecule is CCn1nc(C)c(Cl)c1CSc1nnnn1CCNC. The predicted octanol–water partition coefficient (Wildman–Crippen LogP) is 1.36. The van der Waals surface area contributed by atoms with Gasteiger partial charge in [0.2, 0.25) is 5.16 Å². The number of hydrogen-bond acceptors (Lipinski definition) is 6. The van der Waals surface area contributed by atoms with Crippen LogP contribution in [0.2, 0.25) is 5.02 Å². The molecule has 9 heteroatoms. The molecule has 0 atom stereocenters. The fourth-order valence-electron chi connectivity index (χ4n) is 1.80. The number of hydrogen-bond donors (Lipinski definition) is 1. The summed E-state index contributed by atoms with van der Waals surface area (Å²) < 4.78 is 3.71. The molecule has 0 saturated heterocycles. The van der Waals surface area contributed by atoms with Crippen LogP contribution in [-0.2, 0) is 18.8 Å². The minimum Gasteiger partial charge on any atom is -0.318 e. The third-order valence-electron chi connectivity index (χ3n) is 2.86. The average molecular weight is 316 g/mol. The number of thioether (sulfide) groups is 1. The second kappa shape index (κ2) is 7.05. The lowest BCUT2D eigenvalue weighted by Gasteiger charge is -2.06. The van der Waals surface area contributed by atoms with Gasteiger partial charge in [0.15, 0.2) is 0 Å². The number of tetrazole rings is 1. The first kappa shape index (κ1) is 15.3. The number of halogens is 1. The van der Waals surface area contributed by atoms with Crippen LogP contribution < -0.4 is 5.32 Å². The molecular formula is C11H18ClN7S. The van der Waals surface area contributed by atoms with Gasteiger partial charge in [-0.25, -0.2) is 4.68 Å². The minimum atomic E-state index is 0.702. The lowest BCUT2D eigenvalue weighted by molar-refractivity contribution is 0.529. The second-order valence-electron chi connectivity index (χ2n) is 4.24. The van der Waals surface area contributed by atoms with Gasteiger partial charge in [-0.2, -0.15) is 5.10 Å². The maximum Gasteiger partial charge on any atom is 0.209 e. The maximum atomic E-state index is 6.29. The monoisotopic (exact) mass is 315 g/mol. The standard InChI is InChI=1S/C11H18ClN7S/c1-4-18-9(10(12)8(2)15-18)7-20-11-14-16-17-19(11)6-5-13-3/h13H,4-7H2,1-3H3. The molecule has 0 spiro atoms. The van der Waals surface area contributed by atoms with Crippen LogP contribution in [0.5, 0.6) is 0 Å². The van der Waals surface area contributed by atoms with E-state index in [4.69, 9.17) is 11.6 Å². The Morgan fingerprint density at radius 3 is 2.85 bits per heavy atom. The predicted molar refractivity (Wildman–Crippen MR) is 79.0 cm³/mol. The molecule has 110 valence electrons. The molecule has 0 radical (unpaired) electrons. The number of rotatable bonds is 7. The molecule has 0 unspecified atom stereocenters. The van der Waals surface area contributed by atoms with Crippen molar-refractivity contribution < 1.29 is 0 Å². The Labute approximate surface area is 127 Å². The smallest absolute Gasteiger partial charge is 0.209 e. The summed E-state index contributed by atoms with van der Waals surface area (Å²) >= 11 is 7.86. The highest BCUT2D eigenvalue weighted by Crippen LogP contribution is 2.27. The van der Waals surface area contributed by atoms with E-state index in [-0.39, 0.29) is 0 Å². The molecule has 1 N–H and O–H groups in total. The Balaban J connectivity index is 2.07. The van der Waals surface area contributed by atoms with Crippen molar-refractivity contribution in [3.63, 3.8) is 0 Å². The molecule has 0 saturated carbocycles. The molecule has 0 aromatic carbocycles. The molecule has 0 aliphatic heterocycles. The highest BCUT2D eigenvalue weighted by Gasteiger charge is 2.14. The zero-order chi connectivity index (χ0) is 14.5. The molecule has 0 aliphatic carbocycles. The summed E-state index contributed by atoms with van der Waals surface area (Å²) in [4.78, 5) is 0. The molecule has 7 nitrogen and oxygen atoms in total. The van der Waals surface area contributed by atoms with Gasteiger partial charge in [-0.15, -0.1) is 5.10 Å². The number of aryl methyl sites for hydroxylation is 2. The highest BCUT2D eigenvalue weighted by atomic mass is 35.5. The van der Waals surface area contributed by atoms with Gasteiger partial charge in [-0.3, -0.25) is 4.68 Å². The Morgan fingerprint density at radius 1 is 1.35 bits per heavy atom. The quantitative estimate of drug-likeness (QED) is 0.778. The van der Waals surface area contributed by atoms with Gasteiger partial charge in [0.1, 0.15) is 0 Å². The van der Waals surface area contributed by atoms with Crippen molar-refractivity contribution in [1.29, 1.82) is 0 Å². The fraction of sp³-hybridized carbons (Fsp3) is 0.636. The molecule has 0 bridgehead atoms. The van der Waals surface area contributed by atoms with Crippen molar-refractivity contribution in [3.05, 3.63) is 16.4 Å². The Kier molecular flexibility index (Phi) is 5.38. The van der Waals surface area contributed by atoms with Crippen LogP contribution in [0.4, 0.5) is 0 Å². The summed E-state index contributed by atoms with van der Waals surface area (Å²) in [5, 5.41) is 20.7. The summed E-state index contributed by atoms with van der Waals surface area (Å²) in [5.41, 5.74) is 1.87. The molecule has 0 fully saturated rings. The molecule has 2 aromatic heterocycles. The van der Waals surface area contributed by atoms with Crippen molar-refractivity contribution in [2.45, 2.75) is 37.8 Å². The van der Waals surface area contributed by atoms with E-state index in [9.17, 15) is 0 Å². The van der Waals surface area contributed by atoms with E-state index in [1.165, 1.54) is 0 Å². The van der Waals surface area contributed by atoms with E-state index in [2.05, 4.69) is 25.9 Å². The normalized spacial score (nSPS) is 11.2. The lowest BCUT2D eigenvalue weighted by atomic mass is 10.4. The van der Waals surface area contributed by atoms with Crippen LogP contribution in [-0.4, -0.2) is 43.6 Å². The molecular weight excluding hydrogens is 298 g/mol. The topological polar surface area (TPSA) is 73.5 Å². The first-order valence-electron chi connectivity index (χ1n) is 6.42. The van der Waals surface area contributed by atoms with Crippen LogP contribution in [0.15, 0.2) is 5.16 Å². The van der Waals surface area contributed by atoms with Crippen molar-refractivity contribution in [2.24, 2.45) is 0 Å². The van der Waals surface area contributed by atoms with Crippen LogP contribution in [0, 0.1) is 6.92 Å². The van der Waals surface area contributed by atoms with Gasteiger partial charge in [-0.05, 0) is 31.3 Å². The van der Waals surface area contributed by atoms with Gasteiger partial charge in [0.05, 0.1) is 23.0 Å². The van der Waals surface area contributed by atoms with E-state index in [0.29, 0.717) is 5.75 Å². The van der Waals surface area contributed by atoms with E-state index in [1.54, 1.807) is 16.4 Å². The van der Waals surface area contributed by atoms with E-state index in [1.807, 2.05) is 25.6 Å². The van der Waals surface area contributed by atoms with E-state index in [0.717, 1.165) is 41.2 Å². The number of nitrogens with zero attached hydrogens (tertiary/aromatic N) is 6. The van der Waals surface area contributed by atoms with Crippen LogP contribution >= 0.6 is 23.4 Å². The first-order chi connectivity index (χ1) is 9.67. The van der Waals surface area contributed by atoms with Crippen molar-refractivity contribution >= 4 is 23.4 Å². The van der Waals surface area contributed by atoms with Crippen molar-refractivity contribution in [1.82, 2.24) is 35.3 Å². The largest absolute Gasteiger partial charge is 0.318 e. The maximum absolute atomic E-state index is 6.29. The van der Waals surface area contributed by atoms with Gasteiger partial charge >= 0.3 is 0 Å². The Bertz CT molecular complexity index is 565. The zero-order valence-corrected chi connectivity index (χ0v) is 13.4. The van der Waals surface area contributed by atoms with E-state index >= 15 is 0 Å². The third kappa shape index (κ3) is 3.31. The summed E-state index contributed by atoms with van der Waals surface area (Å²) in [6.45, 7) is 6.33. The van der Waals surface area contributed by atoms with E-state index < -0.39 is 0 Å². The summed E-state index contributed by atoms with van der Waals surface area (Å²) in [6.07, 6.45) is 0. The molecule has 2 heterocycles. The fourth-order valence-corrected chi connectivity index (χ4v) is 3.01. The second-order valence-corrected chi connectivity index (χ2v) is 5.56. The molecule has 2 rings (SSSR count). The molecule has 0 aliphatic rings. The minimum absolute atomic E-state index is 0.702. The van der Waals surface area contributed by atoms with Crippen molar-refractivity contribution in [3.8, 4) is 0 Å². The zero-order valence-electron chi connectivity index (χ0n) is 11.8. The average Bonchev–Trinajstić information content (AvgIpc) is 3.00. The van der Waals surface area contributed by atoms with Gasteiger partial charge in [0.25, 0.3) is 0 Å². The Morgan fingerprint density at radius 2 is 2.15 bits per heavy atom. The Hall–Kier alpha value is -1.12. The third-order valence-corrected chi connectivity index (χ3v) is 4.32.